The SMILES string of the molecule is COc1cc(C)cc(C=CCC(=O)O)c1. The van der Waals surface area contributed by atoms with Crippen LogP contribution in [0.2, 0.25) is 0 Å². The smallest absolute Gasteiger partial charge is 0.307 e. The van der Waals surface area contributed by atoms with Crippen LogP contribution in [0.15, 0.2) is 24.3 Å². The summed E-state index contributed by atoms with van der Waals surface area (Å²) in [7, 11) is 1.61. The lowest BCUT2D eigenvalue weighted by Crippen LogP contribution is -1.90. The van der Waals surface area contributed by atoms with E-state index in [-0.39, 0.29) is 6.42 Å². The molecule has 1 N–H and O–H groups in total. The molecule has 3 nitrogen and oxygen atoms in total. The number of hydrogen-bond donors (Lipinski definition) is 1. The van der Waals surface area contributed by atoms with Crippen LogP contribution < -0.4 is 4.74 Å². The van der Waals surface area contributed by atoms with Crippen molar-refractivity contribution >= 4 is 12.0 Å². The Morgan fingerprint density at radius 3 is 2.80 bits per heavy atom. The van der Waals surface area contributed by atoms with Gasteiger partial charge in [-0.2, -0.15) is 0 Å². The van der Waals surface area contributed by atoms with Crippen molar-refractivity contribution in [2.24, 2.45) is 0 Å². The molecular formula is C12H14O3. The molecule has 0 amide bonds. The van der Waals surface area contributed by atoms with E-state index in [0.29, 0.717) is 0 Å². The number of methoxy groups -OCH3 is 1. The molecule has 0 unspecified atom stereocenters. The van der Waals surface area contributed by atoms with Gasteiger partial charge in [-0.3, -0.25) is 4.79 Å². The Kier molecular flexibility index (Phi) is 3.92. The fourth-order valence-corrected chi connectivity index (χ4v) is 1.29. The van der Waals surface area contributed by atoms with Gasteiger partial charge in [0.25, 0.3) is 0 Å². The standard InChI is InChI=1S/C12H14O3/c1-9-6-10(4-3-5-12(13)14)8-11(7-9)15-2/h3-4,6-8H,5H2,1-2H3,(H,13,14). The molecule has 0 saturated carbocycles. The number of benzene rings is 1. The van der Waals surface area contributed by atoms with Crippen molar-refractivity contribution < 1.29 is 14.6 Å². The summed E-state index contributed by atoms with van der Waals surface area (Å²) in [5.74, 6) is -0.0455. The van der Waals surface area contributed by atoms with Crippen molar-refractivity contribution in [3.8, 4) is 5.75 Å². The summed E-state index contributed by atoms with van der Waals surface area (Å²) < 4.78 is 5.11. The second kappa shape index (κ2) is 5.20. The van der Waals surface area contributed by atoms with E-state index in [1.165, 1.54) is 0 Å². The molecule has 0 saturated heterocycles. The average molecular weight is 206 g/mol. The molecule has 1 aromatic rings. The maximum Gasteiger partial charge on any atom is 0.307 e. The maximum absolute atomic E-state index is 10.3. The highest BCUT2D eigenvalue weighted by Gasteiger charge is 1.96. The van der Waals surface area contributed by atoms with Gasteiger partial charge in [-0.1, -0.05) is 18.2 Å². The van der Waals surface area contributed by atoms with Crippen molar-refractivity contribution in [1.29, 1.82) is 0 Å². The van der Waals surface area contributed by atoms with Crippen molar-refractivity contribution in [2.75, 3.05) is 7.11 Å². The predicted octanol–water partition coefficient (Wildman–Crippen LogP) is 2.49. The van der Waals surface area contributed by atoms with Crippen LogP contribution in [0.5, 0.6) is 5.75 Å². The molecule has 0 aliphatic carbocycles. The Morgan fingerprint density at radius 2 is 2.20 bits per heavy atom. The minimum atomic E-state index is -0.828. The first-order valence-corrected chi connectivity index (χ1v) is 4.66. The molecule has 0 aliphatic rings. The summed E-state index contributed by atoms with van der Waals surface area (Å²) in [6.45, 7) is 1.97. The number of carbonyl (C=O) groups is 1. The molecule has 0 fully saturated rings. The summed E-state index contributed by atoms with van der Waals surface area (Å²) in [5.41, 5.74) is 2.04. The number of carboxylic acid groups (broad SMARTS) is 1. The Balaban J connectivity index is 2.80. The Morgan fingerprint density at radius 1 is 1.47 bits per heavy atom. The van der Waals surface area contributed by atoms with Crippen molar-refractivity contribution in [3.05, 3.63) is 35.4 Å². The summed E-state index contributed by atoms with van der Waals surface area (Å²) in [4.78, 5) is 10.3. The second-order valence-corrected chi connectivity index (χ2v) is 3.28. The van der Waals surface area contributed by atoms with E-state index < -0.39 is 5.97 Å². The average Bonchev–Trinajstić information content (AvgIpc) is 2.16. The molecule has 3 heteroatoms. The number of carboxylic acids is 1. The second-order valence-electron chi connectivity index (χ2n) is 3.28. The van der Waals surface area contributed by atoms with Crippen LogP contribution in [0.4, 0.5) is 0 Å². The monoisotopic (exact) mass is 206 g/mol. The van der Waals surface area contributed by atoms with Gasteiger partial charge < -0.3 is 9.84 Å². The quantitative estimate of drug-likeness (QED) is 0.823. The highest BCUT2D eigenvalue weighted by molar-refractivity contribution is 5.70. The van der Waals surface area contributed by atoms with Gasteiger partial charge in [0.1, 0.15) is 5.75 Å². The van der Waals surface area contributed by atoms with Gasteiger partial charge in [-0.25, -0.2) is 0 Å². The van der Waals surface area contributed by atoms with Gasteiger partial charge in [0.2, 0.25) is 0 Å². The third-order valence-corrected chi connectivity index (χ3v) is 1.91. The van der Waals surface area contributed by atoms with Gasteiger partial charge in [0.15, 0.2) is 0 Å². The van der Waals surface area contributed by atoms with Gasteiger partial charge in [0.05, 0.1) is 13.5 Å². The largest absolute Gasteiger partial charge is 0.497 e. The number of hydrogen-bond acceptors (Lipinski definition) is 2. The molecule has 15 heavy (non-hydrogen) atoms. The molecule has 0 aliphatic heterocycles. The zero-order valence-electron chi connectivity index (χ0n) is 8.86. The van der Waals surface area contributed by atoms with Crippen LogP contribution in [0.1, 0.15) is 17.5 Å². The highest BCUT2D eigenvalue weighted by atomic mass is 16.5. The lowest BCUT2D eigenvalue weighted by molar-refractivity contribution is -0.135. The first-order valence-electron chi connectivity index (χ1n) is 4.66. The van der Waals surface area contributed by atoms with Gasteiger partial charge in [-0.05, 0) is 30.2 Å². The summed E-state index contributed by atoms with van der Waals surface area (Å²) in [6, 6.07) is 5.76. The Hall–Kier alpha value is -1.77. The molecule has 1 rings (SSSR count). The van der Waals surface area contributed by atoms with E-state index in [2.05, 4.69) is 0 Å². The van der Waals surface area contributed by atoms with E-state index in [1.54, 1.807) is 19.3 Å². The number of aryl methyl sites for hydroxylation is 1. The first-order chi connectivity index (χ1) is 7.11. The van der Waals surface area contributed by atoms with E-state index >= 15 is 0 Å². The molecule has 0 spiro atoms. The van der Waals surface area contributed by atoms with E-state index in [0.717, 1.165) is 16.9 Å². The minimum absolute atomic E-state index is 0.0380. The van der Waals surface area contributed by atoms with E-state index in [4.69, 9.17) is 9.84 Å². The number of ether oxygens (including phenoxy) is 1. The molecule has 0 heterocycles. The van der Waals surface area contributed by atoms with Crippen LogP contribution in [0.3, 0.4) is 0 Å². The van der Waals surface area contributed by atoms with Crippen LogP contribution in [-0.2, 0) is 4.79 Å². The molecule has 1 aromatic carbocycles. The third-order valence-electron chi connectivity index (χ3n) is 1.91. The topological polar surface area (TPSA) is 46.5 Å². The Bertz CT molecular complexity index is 380. The van der Waals surface area contributed by atoms with E-state index in [1.807, 2.05) is 25.1 Å². The van der Waals surface area contributed by atoms with Crippen LogP contribution in [0.25, 0.3) is 6.08 Å². The van der Waals surface area contributed by atoms with Crippen LogP contribution >= 0.6 is 0 Å². The molecule has 0 aromatic heterocycles. The van der Waals surface area contributed by atoms with Crippen LogP contribution in [-0.4, -0.2) is 18.2 Å². The zero-order valence-corrected chi connectivity index (χ0v) is 8.86. The molecule has 0 bridgehead atoms. The lowest BCUT2D eigenvalue weighted by atomic mass is 10.1. The Labute approximate surface area is 89.0 Å². The van der Waals surface area contributed by atoms with Gasteiger partial charge in [0, 0.05) is 0 Å². The molecular weight excluding hydrogens is 192 g/mol. The zero-order chi connectivity index (χ0) is 11.3. The summed E-state index contributed by atoms with van der Waals surface area (Å²) >= 11 is 0. The van der Waals surface area contributed by atoms with Crippen molar-refractivity contribution in [3.63, 3.8) is 0 Å². The predicted molar refractivity (Wildman–Crippen MR) is 59.0 cm³/mol. The van der Waals surface area contributed by atoms with Gasteiger partial charge >= 0.3 is 5.97 Å². The van der Waals surface area contributed by atoms with E-state index in [9.17, 15) is 4.79 Å². The molecule has 80 valence electrons. The summed E-state index contributed by atoms with van der Waals surface area (Å²) in [5, 5.41) is 8.47. The number of rotatable bonds is 4. The lowest BCUT2D eigenvalue weighted by Gasteiger charge is -2.03. The highest BCUT2D eigenvalue weighted by Crippen LogP contribution is 2.17. The number of aliphatic carboxylic acids is 1. The normalized spacial score (nSPS) is 10.5. The van der Waals surface area contributed by atoms with Gasteiger partial charge in [-0.15, -0.1) is 0 Å². The first kappa shape index (κ1) is 11.3. The third kappa shape index (κ3) is 3.85. The van der Waals surface area contributed by atoms with Crippen molar-refractivity contribution in [2.45, 2.75) is 13.3 Å². The summed E-state index contributed by atoms with van der Waals surface area (Å²) in [6.07, 6.45) is 3.44. The fraction of sp³-hybridized carbons (Fsp3) is 0.250. The molecule has 0 radical (unpaired) electrons. The molecule has 0 atom stereocenters. The minimum Gasteiger partial charge on any atom is -0.497 e. The van der Waals surface area contributed by atoms with Crippen molar-refractivity contribution in [1.82, 2.24) is 0 Å². The van der Waals surface area contributed by atoms with Crippen LogP contribution in [0, 0.1) is 6.92 Å². The fourth-order valence-electron chi connectivity index (χ4n) is 1.29. The maximum atomic E-state index is 10.3.